The van der Waals surface area contributed by atoms with Crippen LogP contribution in [0.15, 0.2) is 42.5 Å². The van der Waals surface area contributed by atoms with Gasteiger partial charge in [0.2, 0.25) is 0 Å². The Morgan fingerprint density at radius 3 is 2.52 bits per heavy atom. The Labute approximate surface area is 137 Å². The molecule has 0 aromatic heterocycles. The van der Waals surface area contributed by atoms with Crippen molar-refractivity contribution >= 4 is 11.6 Å². The van der Waals surface area contributed by atoms with Crippen molar-refractivity contribution in [2.45, 2.75) is 26.7 Å². The minimum absolute atomic E-state index is 0.0375. The molecule has 0 unspecified atom stereocenters. The van der Waals surface area contributed by atoms with E-state index < -0.39 is 0 Å². The van der Waals surface area contributed by atoms with Crippen LogP contribution in [0.1, 0.15) is 24.5 Å². The molecule has 0 saturated heterocycles. The summed E-state index contributed by atoms with van der Waals surface area (Å²) in [7, 11) is 1.58. The SMILES string of the molecule is CCCc1ccc(OCC(=O)Nc2cc(C)ccc2OC)cc1. The minimum Gasteiger partial charge on any atom is -0.495 e. The van der Waals surface area contributed by atoms with E-state index in [1.165, 1.54) is 5.56 Å². The summed E-state index contributed by atoms with van der Waals surface area (Å²) in [4.78, 5) is 12.0. The highest BCUT2D eigenvalue weighted by molar-refractivity contribution is 5.93. The smallest absolute Gasteiger partial charge is 0.262 e. The van der Waals surface area contributed by atoms with Crippen LogP contribution in [0, 0.1) is 6.92 Å². The van der Waals surface area contributed by atoms with Crippen molar-refractivity contribution in [3.63, 3.8) is 0 Å². The molecule has 4 heteroatoms. The van der Waals surface area contributed by atoms with Gasteiger partial charge in [0.15, 0.2) is 6.61 Å². The molecule has 0 radical (unpaired) electrons. The second-order valence-corrected chi connectivity index (χ2v) is 5.43. The molecule has 0 atom stereocenters. The molecule has 0 aliphatic rings. The van der Waals surface area contributed by atoms with E-state index in [9.17, 15) is 4.79 Å². The molecule has 2 rings (SSSR count). The topological polar surface area (TPSA) is 47.6 Å². The lowest BCUT2D eigenvalue weighted by Gasteiger charge is -2.12. The van der Waals surface area contributed by atoms with E-state index in [0.717, 1.165) is 18.4 Å². The average molecular weight is 313 g/mol. The fourth-order valence-electron chi connectivity index (χ4n) is 2.30. The van der Waals surface area contributed by atoms with Crippen molar-refractivity contribution in [1.29, 1.82) is 0 Å². The fraction of sp³-hybridized carbons (Fsp3) is 0.316. The molecule has 1 N–H and O–H groups in total. The highest BCUT2D eigenvalue weighted by Crippen LogP contribution is 2.25. The van der Waals surface area contributed by atoms with Gasteiger partial charge in [0.25, 0.3) is 5.91 Å². The number of ether oxygens (including phenoxy) is 2. The van der Waals surface area contributed by atoms with Gasteiger partial charge in [0.05, 0.1) is 12.8 Å². The van der Waals surface area contributed by atoms with E-state index >= 15 is 0 Å². The fourth-order valence-corrected chi connectivity index (χ4v) is 2.30. The molecular weight excluding hydrogens is 290 g/mol. The maximum absolute atomic E-state index is 12.0. The lowest BCUT2D eigenvalue weighted by molar-refractivity contribution is -0.118. The first-order chi connectivity index (χ1) is 11.1. The number of hydrogen-bond acceptors (Lipinski definition) is 3. The summed E-state index contributed by atoms with van der Waals surface area (Å²) in [5.41, 5.74) is 2.97. The average Bonchev–Trinajstić information content (AvgIpc) is 2.55. The van der Waals surface area contributed by atoms with Crippen LogP contribution in [0.25, 0.3) is 0 Å². The van der Waals surface area contributed by atoms with E-state index in [0.29, 0.717) is 17.2 Å². The lowest BCUT2D eigenvalue weighted by atomic mass is 10.1. The second kappa shape index (κ2) is 8.22. The van der Waals surface area contributed by atoms with Crippen LogP contribution >= 0.6 is 0 Å². The molecule has 23 heavy (non-hydrogen) atoms. The van der Waals surface area contributed by atoms with Crippen LogP contribution in [-0.2, 0) is 11.2 Å². The first-order valence-corrected chi connectivity index (χ1v) is 7.78. The number of nitrogens with one attached hydrogen (secondary N) is 1. The van der Waals surface area contributed by atoms with Gasteiger partial charge in [0.1, 0.15) is 11.5 Å². The van der Waals surface area contributed by atoms with Gasteiger partial charge in [-0.15, -0.1) is 0 Å². The van der Waals surface area contributed by atoms with Gasteiger partial charge in [-0.25, -0.2) is 0 Å². The normalized spacial score (nSPS) is 10.2. The van der Waals surface area contributed by atoms with E-state index in [2.05, 4.69) is 12.2 Å². The van der Waals surface area contributed by atoms with E-state index in [1.54, 1.807) is 7.11 Å². The maximum Gasteiger partial charge on any atom is 0.262 e. The van der Waals surface area contributed by atoms with Crippen molar-refractivity contribution < 1.29 is 14.3 Å². The number of hydrogen-bond donors (Lipinski definition) is 1. The predicted octanol–water partition coefficient (Wildman–Crippen LogP) is 3.97. The van der Waals surface area contributed by atoms with Crippen LogP contribution < -0.4 is 14.8 Å². The molecule has 2 aromatic rings. The summed E-state index contributed by atoms with van der Waals surface area (Å²) in [6, 6.07) is 13.5. The lowest BCUT2D eigenvalue weighted by Crippen LogP contribution is -2.20. The maximum atomic E-state index is 12.0. The quantitative estimate of drug-likeness (QED) is 0.841. The highest BCUT2D eigenvalue weighted by atomic mass is 16.5. The summed E-state index contributed by atoms with van der Waals surface area (Å²) < 4.78 is 10.8. The van der Waals surface area contributed by atoms with Crippen molar-refractivity contribution in [3.8, 4) is 11.5 Å². The molecule has 1 amide bonds. The third-order valence-corrected chi connectivity index (χ3v) is 3.46. The summed E-state index contributed by atoms with van der Waals surface area (Å²) in [6.07, 6.45) is 2.16. The molecule has 0 heterocycles. The van der Waals surface area contributed by atoms with Gasteiger partial charge < -0.3 is 14.8 Å². The number of amides is 1. The van der Waals surface area contributed by atoms with Crippen molar-refractivity contribution in [1.82, 2.24) is 0 Å². The van der Waals surface area contributed by atoms with Crippen molar-refractivity contribution in [3.05, 3.63) is 53.6 Å². The zero-order valence-electron chi connectivity index (χ0n) is 13.9. The molecule has 0 aliphatic carbocycles. The number of methoxy groups -OCH3 is 1. The van der Waals surface area contributed by atoms with Crippen molar-refractivity contribution in [2.24, 2.45) is 0 Å². The number of rotatable bonds is 7. The van der Waals surface area contributed by atoms with Gasteiger partial charge in [-0.3, -0.25) is 4.79 Å². The first kappa shape index (κ1) is 16.9. The summed E-state index contributed by atoms with van der Waals surface area (Å²) in [5.74, 6) is 1.11. The first-order valence-electron chi connectivity index (χ1n) is 7.78. The van der Waals surface area contributed by atoms with Crippen LogP contribution in [-0.4, -0.2) is 19.6 Å². The van der Waals surface area contributed by atoms with E-state index in [-0.39, 0.29) is 12.5 Å². The van der Waals surface area contributed by atoms with E-state index in [1.807, 2.05) is 49.4 Å². The highest BCUT2D eigenvalue weighted by Gasteiger charge is 2.08. The molecule has 4 nitrogen and oxygen atoms in total. The Hall–Kier alpha value is -2.49. The van der Waals surface area contributed by atoms with Crippen molar-refractivity contribution in [2.75, 3.05) is 19.0 Å². The molecule has 0 fully saturated rings. The second-order valence-electron chi connectivity index (χ2n) is 5.43. The monoisotopic (exact) mass is 313 g/mol. The number of carbonyl (C=O) groups excluding carboxylic acids is 1. The third-order valence-electron chi connectivity index (χ3n) is 3.46. The molecule has 2 aromatic carbocycles. The number of carbonyl (C=O) groups is 1. The molecule has 122 valence electrons. The molecule has 0 bridgehead atoms. The zero-order valence-corrected chi connectivity index (χ0v) is 13.9. The molecule has 0 spiro atoms. The Bertz CT molecular complexity index is 650. The van der Waals surface area contributed by atoms with Crippen LogP contribution in [0.3, 0.4) is 0 Å². The van der Waals surface area contributed by atoms with E-state index in [4.69, 9.17) is 9.47 Å². The Kier molecular flexibility index (Phi) is 6.03. The zero-order chi connectivity index (χ0) is 16.7. The minimum atomic E-state index is -0.216. The molecule has 0 aliphatic heterocycles. The summed E-state index contributed by atoms with van der Waals surface area (Å²) in [6.45, 7) is 4.07. The number of benzene rings is 2. The Morgan fingerprint density at radius 1 is 1.13 bits per heavy atom. The van der Waals surface area contributed by atoms with Crippen LogP contribution in [0.2, 0.25) is 0 Å². The molecule has 0 saturated carbocycles. The van der Waals surface area contributed by atoms with Crippen LogP contribution in [0.4, 0.5) is 5.69 Å². The van der Waals surface area contributed by atoms with Gasteiger partial charge >= 0.3 is 0 Å². The Morgan fingerprint density at radius 2 is 1.87 bits per heavy atom. The summed E-state index contributed by atoms with van der Waals surface area (Å²) >= 11 is 0. The standard InChI is InChI=1S/C19H23NO3/c1-4-5-15-7-9-16(10-8-15)23-13-19(21)20-17-12-14(2)6-11-18(17)22-3/h6-12H,4-5,13H2,1-3H3,(H,20,21). The van der Waals surface area contributed by atoms with Gasteiger partial charge in [-0.1, -0.05) is 31.5 Å². The van der Waals surface area contributed by atoms with Crippen LogP contribution in [0.5, 0.6) is 11.5 Å². The number of aryl methyl sites for hydroxylation is 2. The largest absolute Gasteiger partial charge is 0.495 e. The number of anilines is 1. The molecular formula is C19H23NO3. The third kappa shape index (κ3) is 5.02. The Balaban J connectivity index is 1.91. The van der Waals surface area contributed by atoms with Gasteiger partial charge in [-0.05, 0) is 48.7 Å². The summed E-state index contributed by atoms with van der Waals surface area (Å²) in [5, 5.41) is 2.82. The van der Waals surface area contributed by atoms with Gasteiger partial charge in [0, 0.05) is 0 Å². The predicted molar refractivity (Wildman–Crippen MR) is 92.3 cm³/mol. The van der Waals surface area contributed by atoms with Gasteiger partial charge in [-0.2, -0.15) is 0 Å².